The SMILES string of the molecule is COCCCNC(=O)CC1CNCCO1. The molecule has 2 N–H and O–H groups in total. The summed E-state index contributed by atoms with van der Waals surface area (Å²) in [5.74, 6) is 0.0554. The van der Waals surface area contributed by atoms with Gasteiger partial charge in [-0.2, -0.15) is 0 Å². The zero-order valence-corrected chi connectivity index (χ0v) is 9.25. The van der Waals surface area contributed by atoms with Crippen LogP contribution in [0.3, 0.4) is 0 Å². The Morgan fingerprint density at radius 3 is 3.20 bits per heavy atom. The van der Waals surface area contributed by atoms with Gasteiger partial charge in [0.2, 0.25) is 5.91 Å². The molecule has 88 valence electrons. The smallest absolute Gasteiger partial charge is 0.222 e. The lowest BCUT2D eigenvalue weighted by atomic mass is 10.2. The van der Waals surface area contributed by atoms with Gasteiger partial charge in [0.25, 0.3) is 0 Å². The normalized spacial score (nSPS) is 21.3. The van der Waals surface area contributed by atoms with Crippen molar-refractivity contribution in [1.82, 2.24) is 10.6 Å². The van der Waals surface area contributed by atoms with Crippen LogP contribution in [0.4, 0.5) is 0 Å². The van der Waals surface area contributed by atoms with E-state index >= 15 is 0 Å². The fraction of sp³-hybridized carbons (Fsp3) is 0.900. The minimum absolute atomic E-state index is 0.0289. The summed E-state index contributed by atoms with van der Waals surface area (Å²) in [6, 6.07) is 0. The average molecular weight is 216 g/mol. The molecule has 0 bridgehead atoms. The summed E-state index contributed by atoms with van der Waals surface area (Å²) < 4.78 is 10.3. The summed E-state index contributed by atoms with van der Waals surface area (Å²) >= 11 is 0. The minimum Gasteiger partial charge on any atom is -0.385 e. The van der Waals surface area contributed by atoms with E-state index in [1.807, 2.05) is 0 Å². The Kier molecular flexibility index (Phi) is 6.31. The van der Waals surface area contributed by atoms with Gasteiger partial charge in [-0.3, -0.25) is 4.79 Å². The predicted octanol–water partition coefficient (Wildman–Crippen LogP) is -0.482. The summed E-state index contributed by atoms with van der Waals surface area (Å²) in [5.41, 5.74) is 0. The molecule has 5 heteroatoms. The highest BCUT2D eigenvalue weighted by atomic mass is 16.5. The molecule has 0 aromatic rings. The van der Waals surface area contributed by atoms with Gasteiger partial charge in [-0.15, -0.1) is 0 Å². The molecule has 1 heterocycles. The van der Waals surface area contributed by atoms with Gasteiger partial charge in [-0.1, -0.05) is 0 Å². The zero-order valence-electron chi connectivity index (χ0n) is 9.25. The van der Waals surface area contributed by atoms with E-state index < -0.39 is 0 Å². The van der Waals surface area contributed by atoms with Crippen LogP contribution in [0.15, 0.2) is 0 Å². The molecule has 5 nitrogen and oxygen atoms in total. The molecule has 1 aliphatic heterocycles. The van der Waals surface area contributed by atoms with Gasteiger partial charge in [0, 0.05) is 33.4 Å². The van der Waals surface area contributed by atoms with Gasteiger partial charge in [-0.25, -0.2) is 0 Å². The second kappa shape index (κ2) is 7.62. The Balaban J connectivity index is 2.01. The third-order valence-corrected chi connectivity index (χ3v) is 2.26. The van der Waals surface area contributed by atoms with Gasteiger partial charge in [0.1, 0.15) is 0 Å². The lowest BCUT2D eigenvalue weighted by molar-refractivity contribution is -0.124. The first-order valence-corrected chi connectivity index (χ1v) is 5.41. The molecule has 0 aliphatic carbocycles. The third kappa shape index (κ3) is 5.71. The Labute approximate surface area is 90.5 Å². The maximum atomic E-state index is 11.4. The third-order valence-electron chi connectivity index (χ3n) is 2.26. The molecule has 15 heavy (non-hydrogen) atoms. The van der Waals surface area contributed by atoms with Crippen LogP contribution in [0.1, 0.15) is 12.8 Å². The van der Waals surface area contributed by atoms with Crippen molar-refractivity contribution in [3.63, 3.8) is 0 Å². The second-order valence-corrected chi connectivity index (χ2v) is 3.60. The molecule has 0 aromatic carbocycles. The number of carbonyl (C=O) groups is 1. The molecule has 1 saturated heterocycles. The number of amides is 1. The number of rotatable bonds is 6. The van der Waals surface area contributed by atoms with Crippen LogP contribution in [0.25, 0.3) is 0 Å². The molecule has 0 saturated carbocycles. The standard InChI is InChI=1S/C10H20N2O3/c1-14-5-2-3-12-10(13)7-9-8-11-4-6-15-9/h9,11H,2-8H2,1H3,(H,12,13). The van der Waals surface area contributed by atoms with Crippen molar-refractivity contribution in [2.45, 2.75) is 18.9 Å². The van der Waals surface area contributed by atoms with Crippen LogP contribution in [-0.2, 0) is 14.3 Å². The lowest BCUT2D eigenvalue weighted by Gasteiger charge is -2.23. The summed E-state index contributed by atoms with van der Waals surface area (Å²) in [6.45, 7) is 3.70. The van der Waals surface area contributed by atoms with Crippen LogP contribution in [0.2, 0.25) is 0 Å². The molecule has 0 spiro atoms. The number of methoxy groups -OCH3 is 1. The first-order valence-electron chi connectivity index (χ1n) is 5.41. The number of ether oxygens (including phenoxy) is 2. The number of carbonyl (C=O) groups excluding carboxylic acids is 1. The van der Waals surface area contributed by atoms with Crippen LogP contribution in [0, 0.1) is 0 Å². The highest BCUT2D eigenvalue weighted by molar-refractivity contribution is 5.76. The van der Waals surface area contributed by atoms with Gasteiger partial charge < -0.3 is 20.1 Å². The summed E-state index contributed by atoms with van der Waals surface area (Å²) in [5, 5.41) is 6.03. The van der Waals surface area contributed by atoms with Crippen LogP contribution in [0.5, 0.6) is 0 Å². The highest BCUT2D eigenvalue weighted by Gasteiger charge is 2.16. The van der Waals surface area contributed by atoms with E-state index in [0.717, 1.165) is 19.5 Å². The number of hydrogen-bond donors (Lipinski definition) is 2. The van der Waals surface area contributed by atoms with Crippen molar-refractivity contribution in [3.8, 4) is 0 Å². The number of morpholine rings is 1. The topological polar surface area (TPSA) is 59.6 Å². The molecule has 1 unspecified atom stereocenters. The van der Waals surface area contributed by atoms with E-state index in [2.05, 4.69) is 10.6 Å². The Morgan fingerprint density at radius 2 is 2.53 bits per heavy atom. The second-order valence-electron chi connectivity index (χ2n) is 3.60. The van der Waals surface area contributed by atoms with Crippen molar-refractivity contribution < 1.29 is 14.3 Å². The number of hydrogen-bond acceptors (Lipinski definition) is 4. The summed E-state index contributed by atoms with van der Waals surface area (Å²) in [6.07, 6.45) is 1.33. The van der Waals surface area contributed by atoms with Crippen molar-refractivity contribution in [2.24, 2.45) is 0 Å². The first kappa shape index (κ1) is 12.4. The zero-order chi connectivity index (χ0) is 10.9. The fourth-order valence-corrected chi connectivity index (χ4v) is 1.47. The Hall–Kier alpha value is -0.650. The lowest BCUT2D eigenvalue weighted by Crippen LogP contribution is -2.41. The average Bonchev–Trinajstić information content (AvgIpc) is 2.26. The molecule has 1 atom stereocenters. The molecule has 1 amide bonds. The van der Waals surface area contributed by atoms with Gasteiger partial charge in [0.15, 0.2) is 0 Å². The predicted molar refractivity (Wildman–Crippen MR) is 56.7 cm³/mol. The summed E-state index contributed by atoms with van der Waals surface area (Å²) in [7, 11) is 1.66. The first-order chi connectivity index (χ1) is 7.33. The van der Waals surface area contributed by atoms with E-state index in [1.165, 1.54) is 0 Å². The van der Waals surface area contributed by atoms with Crippen molar-refractivity contribution in [1.29, 1.82) is 0 Å². The van der Waals surface area contributed by atoms with Crippen LogP contribution < -0.4 is 10.6 Å². The molecule has 0 radical (unpaired) electrons. The van der Waals surface area contributed by atoms with Crippen LogP contribution in [-0.4, -0.2) is 52.0 Å². The number of nitrogens with one attached hydrogen (secondary N) is 2. The quantitative estimate of drug-likeness (QED) is 0.589. The van der Waals surface area contributed by atoms with Crippen molar-refractivity contribution in [3.05, 3.63) is 0 Å². The van der Waals surface area contributed by atoms with Gasteiger partial charge >= 0.3 is 0 Å². The van der Waals surface area contributed by atoms with Crippen molar-refractivity contribution >= 4 is 5.91 Å². The minimum atomic E-state index is 0.0289. The maximum Gasteiger partial charge on any atom is 0.222 e. The van der Waals surface area contributed by atoms with Crippen molar-refractivity contribution in [2.75, 3.05) is 40.0 Å². The van der Waals surface area contributed by atoms with Gasteiger partial charge in [0.05, 0.1) is 19.1 Å². The maximum absolute atomic E-state index is 11.4. The molecular weight excluding hydrogens is 196 g/mol. The van der Waals surface area contributed by atoms with E-state index in [1.54, 1.807) is 7.11 Å². The van der Waals surface area contributed by atoms with Gasteiger partial charge in [-0.05, 0) is 6.42 Å². The van der Waals surface area contributed by atoms with Crippen LogP contribution >= 0.6 is 0 Å². The Morgan fingerprint density at radius 1 is 1.67 bits per heavy atom. The largest absolute Gasteiger partial charge is 0.385 e. The Bertz CT molecular complexity index is 182. The monoisotopic (exact) mass is 216 g/mol. The van der Waals surface area contributed by atoms with E-state index in [4.69, 9.17) is 9.47 Å². The molecule has 1 rings (SSSR count). The molecular formula is C10H20N2O3. The molecule has 0 aromatic heterocycles. The molecule has 1 aliphatic rings. The van der Waals surface area contributed by atoms with E-state index in [0.29, 0.717) is 26.2 Å². The van der Waals surface area contributed by atoms with E-state index in [-0.39, 0.29) is 12.0 Å². The van der Waals surface area contributed by atoms with E-state index in [9.17, 15) is 4.79 Å². The fourth-order valence-electron chi connectivity index (χ4n) is 1.47. The molecule has 1 fully saturated rings. The highest BCUT2D eigenvalue weighted by Crippen LogP contribution is 2.00. The summed E-state index contributed by atoms with van der Waals surface area (Å²) in [4.78, 5) is 11.4.